The first-order valence-electron chi connectivity index (χ1n) is 6.83. The summed E-state index contributed by atoms with van der Waals surface area (Å²) in [6, 6.07) is 8.77. The molecule has 1 saturated heterocycles. The van der Waals surface area contributed by atoms with Crippen LogP contribution in [0.15, 0.2) is 24.3 Å². The lowest BCUT2D eigenvalue weighted by atomic mass is 9.89. The molecule has 2 heteroatoms. The molecule has 0 spiro atoms. The van der Waals surface area contributed by atoms with Crippen molar-refractivity contribution in [1.82, 2.24) is 5.32 Å². The Labute approximate surface area is 103 Å². The van der Waals surface area contributed by atoms with E-state index in [0.29, 0.717) is 6.10 Å². The van der Waals surface area contributed by atoms with E-state index in [1.165, 1.54) is 49.9 Å². The molecule has 0 amide bonds. The Morgan fingerprint density at radius 1 is 1.24 bits per heavy atom. The quantitative estimate of drug-likeness (QED) is 0.860. The Morgan fingerprint density at radius 2 is 2.12 bits per heavy atom. The number of rotatable bonds is 4. The molecular formula is C15H21NO. The highest BCUT2D eigenvalue weighted by Gasteiger charge is 2.21. The van der Waals surface area contributed by atoms with E-state index in [4.69, 9.17) is 4.74 Å². The van der Waals surface area contributed by atoms with Crippen LogP contribution >= 0.6 is 0 Å². The van der Waals surface area contributed by atoms with Gasteiger partial charge in [-0.05, 0) is 55.8 Å². The van der Waals surface area contributed by atoms with Gasteiger partial charge in [-0.3, -0.25) is 0 Å². The predicted molar refractivity (Wildman–Crippen MR) is 69.0 cm³/mol. The van der Waals surface area contributed by atoms with Gasteiger partial charge in [-0.2, -0.15) is 0 Å². The van der Waals surface area contributed by atoms with Gasteiger partial charge in [0, 0.05) is 6.61 Å². The van der Waals surface area contributed by atoms with E-state index in [0.717, 1.165) is 12.5 Å². The molecule has 17 heavy (non-hydrogen) atoms. The largest absolute Gasteiger partial charge is 0.374 e. The summed E-state index contributed by atoms with van der Waals surface area (Å²) in [6.45, 7) is 3.29. The second-order valence-electron chi connectivity index (χ2n) is 5.26. The van der Waals surface area contributed by atoms with Crippen LogP contribution in [-0.2, 0) is 11.2 Å². The lowest BCUT2D eigenvalue weighted by Crippen LogP contribution is -2.42. The Morgan fingerprint density at radius 3 is 2.94 bits per heavy atom. The van der Waals surface area contributed by atoms with Gasteiger partial charge >= 0.3 is 0 Å². The van der Waals surface area contributed by atoms with Crippen molar-refractivity contribution in [2.24, 2.45) is 5.92 Å². The topological polar surface area (TPSA) is 21.3 Å². The summed E-state index contributed by atoms with van der Waals surface area (Å²) in [4.78, 5) is 0. The van der Waals surface area contributed by atoms with Crippen molar-refractivity contribution < 1.29 is 4.74 Å². The van der Waals surface area contributed by atoms with Crippen molar-refractivity contribution >= 4 is 0 Å². The van der Waals surface area contributed by atoms with Gasteiger partial charge in [-0.1, -0.05) is 24.3 Å². The van der Waals surface area contributed by atoms with Crippen molar-refractivity contribution in [3.63, 3.8) is 0 Å². The molecule has 1 N–H and O–H groups in total. The van der Waals surface area contributed by atoms with Crippen LogP contribution in [0, 0.1) is 5.92 Å². The third-order valence-corrected chi connectivity index (χ3v) is 4.03. The monoisotopic (exact) mass is 231 g/mol. The molecule has 0 aromatic heterocycles. The smallest absolute Gasteiger partial charge is 0.0827 e. The highest BCUT2D eigenvalue weighted by Crippen LogP contribution is 2.32. The van der Waals surface area contributed by atoms with Gasteiger partial charge < -0.3 is 10.1 Å². The molecule has 3 rings (SSSR count). The molecule has 1 heterocycles. The first kappa shape index (κ1) is 11.2. The molecule has 1 aromatic rings. The molecule has 1 atom stereocenters. The third-order valence-electron chi connectivity index (χ3n) is 4.03. The Balaban J connectivity index is 1.56. The van der Waals surface area contributed by atoms with Gasteiger partial charge in [-0.15, -0.1) is 0 Å². The average Bonchev–Trinajstić information content (AvgIpc) is 2.32. The second kappa shape index (κ2) is 5.19. The lowest BCUT2D eigenvalue weighted by molar-refractivity contribution is 0.0289. The standard InChI is InChI=1S/C15H21NO/c1-2-6-14-13(4-1)5-3-7-15(14)17-9-8-12-10-16-11-12/h1-2,4,6,12,15-16H,3,5,7-11H2. The van der Waals surface area contributed by atoms with Gasteiger partial charge in [-0.25, -0.2) is 0 Å². The zero-order chi connectivity index (χ0) is 11.5. The predicted octanol–water partition coefficient (Wildman–Crippen LogP) is 2.69. The van der Waals surface area contributed by atoms with Crippen LogP contribution < -0.4 is 5.32 Å². The van der Waals surface area contributed by atoms with Crippen LogP contribution in [0.25, 0.3) is 0 Å². The van der Waals surface area contributed by atoms with Gasteiger partial charge in [0.1, 0.15) is 0 Å². The summed E-state index contributed by atoms with van der Waals surface area (Å²) in [5, 5.41) is 3.31. The van der Waals surface area contributed by atoms with E-state index >= 15 is 0 Å². The molecule has 2 nitrogen and oxygen atoms in total. The zero-order valence-corrected chi connectivity index (χ0v) is 10.3. The van der Waals surface area contributed by atoms with Crippen molar-refractivity contribution in [2.45, 2.75) is 31.8 Å². The number of aryl methyl sites for hydroxylation is 1. The molecule has 92 valence electrons. The van der Waals surface area contributed by atoms with E-state index in [9.17, 15) is 0 Å². The average molecular weight is 231 g/mol. The van der Waals surface area contributed by atoms with Gasteiger partial charge in [0.2, 0.25) is 0 Å². The molecule has 1 aliphatic heterocycles. The zero-order valence-electron chi connectivity index (χ0n) is 10.3. The van der Waals surface area contributed by atoms with Crippen molar-refractivity contribution in [2.75, 3.05) is 19.7 Å². The summed E-state index contributed by atoms with van der Waals surface area (Å²) >= 11 is 0. The highest BCUT2D eigenvalue weighted by molar-refractivity contribution is 5.31. The Hall–Kier alpha value is -0.860. The molecule has 1 fully saturated rings. The maximum Gasteiger partial charge on any atom is 0.0827 e. The van der Waals surface area contributed by atoms with Crippen LogP contribution in [-0.4, -0.2) is 19.7 Å². The van der Waals surface area contributed by atoms with E-state index in [-0.39, 0.29) is 0 Å². The fraction of sp³-hybridized carbons (Fsp3) is 0.600. The summed E-state index contributed by atoms with van der Waals surface area (Å²) in [7, 11) is 0. The molecule has 1 unspecified atom stereocenters. The van der Waals surface area contributed by atoms with Crippen LogP contribution in [0.5, 0.6) is 0 Å². The van der Waals surface area contributed by atoms with E-state index in [1.807, 2.05) is 0 Å². The third kappa shape index (κ3) is 2.53. The minimum Gasteiger partial charge on any atom is -0.374 e. The molecule has 0 radical (unpaired) electrons. The van der Waals surface area contributed by atoms with Gasteiger partial charge in [0.15, 0.2) is 0 Å². The van der Waals surface area contributed by atoms with E-state index in [2.05, 4.69) is 29.6 Å². The molecule has 0 bridgehead atoms. The maximum atomic E-state index is 6.09. The van der Waals surface area contributed by atoms with E-state index in [1.54, 1.807) is 0 Å². The molecule has 2 aliphatic rings. The summed E-state index contributed by atoms with van der Waals surface area (Å²) in [6.07, 6.45) is 5.26. The van der Waals surface area contributed by atoms with Crippen LogP contribution in [0.1, 0.15) is 36.5 Å². The van der Waals surface area contributed by atoms with E-state index < -0.39 is 0 Å². The van der Waals surface area contributed by atoms with Gasteiger partial charge in [0.25, 0.3) is 0 Å². The maximum absolute atomic E-state index is 6.09. The fourth-order valence-corrected chi connectivity index (χ4v) is 2.81. The SMILES string of the molecule is c1ccc2c(c1)CCCC2OCCC1CNC1. The summed E-state index contributed by atoms with van der Waals surface area (Å²) in [5.41, 5.74) is 2.93. The van der Waals surface area contributed by atoms with Crippen LogP contribution in [0.4, 0.5) is 0 Å². The summed E-state index contributed by atoms with van der Waals surface area (Å²) < 4.78 is 6.09. The van der Waals surface area contributed by atoms with Crippen molar-refractivity contribution in [1.29, 1.82) is 0 Å². The summed E-state index contributed by atoms with van der Waals surface area (Å²) in [5.74, 6) is 0.855. The highest BCUT2D eigenvalue weighted by atomic mass is 16.5. The minimum atomic E-state index is 0.355. The first-order chi connectivity index (χ1) is 8.43. The number of fused-ring (bicyclic) bond motifs is 1. The number of hydrogen-bond donors (Lipinski definition) is 1. The second-order valence-corrected chi connectivity index (χ2v) is 5.26. The number of nitrogens with one attached hydrogen (secondary N) is 1. The van der Waals surface area contributed by atoms with Gasteiger partial charge in [0.05, 0.1) is 6.10 Å². The number of hydrogen-bond acceptors (Lipinski definition) is 2. The number of benzene rings is 1. The molecule has 1 aromatic carbocycles. The van der Waals surface area contributed by atoms with Crippen LogP contribution in [0.3, 0.4) is 0 Å². The fourth-order valence-electron chi connectivity index (χ4n) is 2.81. The van der Waals surface area contributed by atoms with Crippen molar-refractivity contribution in [3.8, 4) is 0 Å². The minimum absolute atomic E-state index is 0.355. The Kier molecular flexibility index (Phi) is 3.44. The molecule has 1 aliphatic carbocycles. The molecule has 0 saturated carbocycles. The first-order valence-corrected chi connectivity index (χ1v) is 6.83. The molecular weight excluding hydrogens is 210 g/mol. The number of ether oxygens (including phenoxy) is 1. The van der Waals surface area contributed by atoms with Crippen LogP contribution in [0.2, 0.25) is 0 Å². The van der Waals surface area contributed by atoms with Crippen molar-refractivity contribution in [3.05, 3.63) is 35.4 Å². The Bertz CT molecular complexity index is 373. The normalized spacial score (nSPS) is 24.1. The lowest BCUT2D eigenvalue weighted by Gasteiger charge is -2.29.